The van der Waals surface area contributed by atoms with Crippen molar-refractivity contribution >= 4 is 22.8 Å². The molecule has 8 heteroatoms. The molecule has 1 unspecified atom stereocenters. The van der Waals surface area contributed by atoms with E-state index in [9.17, 15) is 4.79 Å². The van der Waals surface area contributed by atoms with Gasteiger partial charge in [0.2, 0.25) is 5.91 Å². The first kappa shape index (κ1) is 18.2. The van der Waals surface area contributed by atoms with E-state index in [1.54, 1.807) is 7.11 Å². The minimum Gasteiger partial charge on any atom is -0.496 e. The summed E-state index contributed by atoms with van der Waals surface area (Å²) in [6.45, 7) is 3.77. The Labute approximate surface area is 162 Å². The number of nitrogens with zero attached hydrogens (tertiary/aromatic N) is 4. The van der Waals surface area contributed by atoms with Crippen LogP contribution in [0.3, 0.4) is 0 Å². The first-order valence-electron chi connectivity index (χ1n) is 9.39. The van der Waals surface area contributed by atoms with E-state index in [0.717, 1.165) is 47.6 Å². The number of hydrogen-bond acceptors (Lipinski definition) is 7. The quantitative estimate of drug-likeness (QED) is 0.725. The highest BCUT2D eigenvalue weighted by Crippen LogP contribution is 2.29. The second-order valence-corrected chi connectivity index (χ2v) is 6.96. The van der Waals surface area contributed by atoms with Crippen molar-refractivity contribution in [2.45, 2.75) is 26.3 Å². The fourth-order valence-electron chi connectivity index (χ4n) is 3.70. The molecule has 146 valence electrons. The van der Waals surface area contributed by atoms with Gasteiger partial charge >= 0.3 is 0 Å². The summed E-state index contributed by atoms with van der Waals surface area (Å²) in [4.78, 5) is 23.5. The highest BCUT2D eigenvalue weighted by Gasteiger charge is 2.28. The third kappa shape index (κ3) is 3.49. The monoisotopic (exact) mass is 381 g/mol. The number of aromatic nitrogens is 3. The Balaban J connectivity index is 1.46. The third-order valence-corrected chi connectivity index (χ3v) is 5.16. The summed E-state index contributed by atoms with van der Waals surface area (Å²) in [5, 5.41) is 7.86. The Morgan fingerprint density at radius 2 is 2.21 bits per heavy atom. The number of anilines is 1. The average molecular weight is 381 g/mol. The maximum atomic E-state index is 12.8. The van der Waals surface area contributed by atoms with Gasteiger partial charge in [-0.05, 0) is 25.8 Å². The Bertz CT molecular complexity index is 987. The van der Waals surface area contributed by atoms with Gasteiger partial charge in [-0.2, -0.15) is 4.98 Å². The summed E-state index contributed by atoms with van der Waals surface area (Å²) in [7, 11) is 1.63. The average Bonchev–Trinajstić information content (AvgIpc) is 3.13. The predicted molar refractivity (Wildman–Crippen MR) is 104 cm³/mol. The molecule has 1 amide bonds. The molecule has 3 heterocycles. The summed E-state index contributed by atoms with van der Waals surface area (Å²) in [5.74, 6) is 1.50. The molecule has 3 aromatic rings. The molecule has 0 bridgehead atoms. The maximum Gasteiger partial charge on any atom is 0.263 e. The number of piperidine rings is 1. The highest BCUT2D eigenvalue weighted by molar-refractivity contribution is 5.88. The van der Waals surface area contributed by atoms with Crippen LogP contribution in [0.5, 0.6) is 5.75 Å². The number of fused-ring (bicyclic) bond motifs is 1. The van der Waals surface area contributed by atoms with Crippen LogP contribution in [-0.4, -0.2) is 41.2 Å². The van der Waals surface area contributed by atoms with Crippen LogP contribution in [-0.2, 0) is 11.3 Å². The Hall–Kier alpha value is -3.16. The molecule has 8 nitrogen and oxygen atoms in total. The zero-order valence-electron chi connectivity index (χ0n) is 16.0. The summed E-state index contributed by atoms with van der Waals surface area (Å²) < 4.78 is 10.6. The van der Waals surface area contributed by atoms with Crippen molar-refractivity contribution < 1.29 is 14.1 Å². The number of carbonyl (C=O) groups is 1. The van der Waals surface area contributed by atoms with Gasteiger partial charge in [-0.25, -0.2) is 4.98 Å². The lowest BCUT2D eigenvalue weighted by Crippen LogP contribution is -2.43. The van der Waals surface area contributed by atoms with Crippen LogP contribution in [0.4, 0.5) is 5.82 Å². The number of nitrogens with one attached hydrogen (secondary N) is 1. The van der Waals surface area contributed by atoms with Gasteiger partial charge < -0.3 is 19.5 Å². The summed E-state index contributed by atoms with van der Waals surface area (Å²) in [6.07, 6.45) is 3.25. The van der Waals surface area contributed by atoms with Gasteiger partial charge in [0.25, 0.3) is 5.71 Å². The van der Waals surface area contributed by atoms with E-state index in [2.05, 4.69) is 25.3 Å². The number of carbonyl (C=O) groups excluding carboxylic acids is 1. The van der Waals surface area contributed by atoms with Crippen LogP contribution >= 0.6 is 0 Å². The Morgan fingerprint density at radius 3 is 3.07 bits per heavy atom. The number of rotatable bonds is 5. The van der Waals surface area contributed by atoms with E-state index in [4.69, 9.17) is 9.26 Å². The van der Waals surface area contributed by atoms with Gasteiger partial charge in [0.15, 0.2) is 0 Å². The van der Waals surface area contributed by atoms with Gasteiger partial charge in [-0.3, -0.25) is 4.79 Å². The fraction of sp³-hybridized carbons (Fsp3) is 0.400. The van der Waals surface area contributed by atoms with Crippen LogP contribution in [0.1, 0.15) is 24.1 Å². The minimum absolute atomic E-state index is 0.0444. The first-order valence-corrected chi connectivity index (χ1v) is 9.39. The van der Waals surface area contributed by atoms with Gasteiger partial charge in [-0.1, -0.05) is 23.4 Å². The number of methoxy groups -OCH3 is 1. The van der Waals surface area contributed by atoms with Crippen molar-refractivity contribution in [1.29, 1.82) is 0 Å². The molecule has 28 heavy (non-hydrogen) atoms. The first-order chi connectivity index (χ1) is 13.7. The van der Waals surface area contributed by atoms with Crippen LogP contribution in [0, 0.1) is 12.8 Å². The van der Waals surface area contributed by atoms with Crippen LogP contribution in [0.25, 0.3) is 11.1 Å². The summed E-state index contributed by atoms with van der Waals surface area (Å²) in [6, 6.07) is 7.70. The fourth-order valence-corrected chi connectivity index (χ4v) is 3.70. The molecular formula is C20H23N5O3. The van der Waals surface area contributed by atoms with E-state index >= 15 is 0 Å². The minimum atomic E-state index is -0.103. The van der Waals surface area contributed by atoms with Gasteiger partial charge in [-0.15, -0.1) is 0 Å². The van der Waals surface area contributed by atoms with E-state index in [-0.39, 0.29) is 11.8 Å². The third-order valence-electron chi connectivity index (χ3n) is 5.16. The van der Waals surface area contributed by atoms with Crippen molar-refractivity contribution in [3.63, 3.8) is 0 Å². The van der Waals surface area contributed by atoms with Crippen molar-refractivity contribution in [3.05, 3.63) is 41.9 Å². The van der Waals surface area contributed by atoms with Gasteiger partial charge in [0, 0.05) is 25.2 Å². The molecule has 1 aliphatic rings. The van der Waals surface area contributed by atoms with Crippen LogP contribution < -0.4 is 15.0 Å². The van der Waals surface area contributed by atoms with Crippen molar-refractivity contribution in [2.75, 3.05) is 25.1 Å². The zero-order valence-corrected chi connectivity index (χ0v) is 16.0. The number of hydrogen-bond donors (Lipinski definition) is 1. The van der Waals surface area contributed by atoms with Crippen LogP contribution in [0.2, 0.25) is 0 Å². The predicted octanol–water partition coefficient (Wildman–Crippen LogP) is 2.47. The number of amides is 1. The van der Waals surface area contributed by atoms with Crippen molar-refractivity contribution in [1.82, 2.24) is 20.4 Å². The number of para-hydroxylation sites is 1. The second kappa shape index (κ2) is 7.84. The molecule has 0 saturated carbocycles. The molecular weight excluding hydrogens is 358 g/mol. The Kier molecular flexibility index (Phi) is 5.10. The molecule has 1 N–H and O–H groups in total. The molecule has 4 rings (SSSR count). The zero-order chi connectivity index (χ0) is 19.5. The molecule has 1 atom stereocenters. The van der Waals surface area contributed by atoms with E-state index in [0.29, 0.717) is 18.8 Å². The van der Waals surface area contributed by atoms with Crippen molar-refractivity contribution in [2.24, 2.45) is 5.92 Å². The maximum absolute atomic E-state index is 12.8. The molecule has 0 aliphatic carbocycles. The largest absolute Gasteiger partial charge is 0.496 e. The number of ether oxygens (including phenoxy) is 1. The normalized spacial score (nSPS) is 16.9. The topological polar surface area (TPSA) is 93.4 Å². The lowest BCUT2D eigenvalue weighted by molar-refractivity contribution is -0.125. The van der Waals surface area contributed by atoms with Gasteiger partial charge in [0.05, 0.1) is 18.7 Å². The molecule has 1 saturated heterocycles. The van der Waals surface area contributed by atoms with Crippen LogP contribution in [0.15, 0.2) is 35.1 Å². The standard InChI is InChI=1S/C20H23N5O3/c1-13-17-18(22-12-23-20(17)28-24-13)25-9-5-7-15(11-25)19(26)21-10-14-6-3-4-8-16(14)27-2/h3-4,6,8,12,15H,5,7,9-11H2,1-2H3,(H,21,26). The molecule has 1 aromatic carbocycles. The summed E-state index contributed by atoms with van der Waals surface area (Å²) in [5.41, 5.74) is 2.20. The van der Waals surface area contributed by atoms with E-state index in [1.165, 1.54) is 6.33 Å². The Morgan fingerprint density at radius 1 is 1.36 bits per heavy atom. The molecule has 0 spiro atoms. The SMILES string of the molecule is COc1ccccc1CNC(=O)C1CCCN(c2ncnc3onc(C)c23)C1. The number of aryl methyl sites for hydroxylation is 1. The van der Waals surface area contributed by atoms with Crippen molar-refractivity contribution in [3.8, 4) is 5.75 Å². The molecule has 1 aliphatic heterocycles. The second-order valence-electron chi connectivity index (χ2n) is 6.96. The lowest BCUT2D eigenvalue weighted by atomic mass is 9.96. The smallest absolute Gasteiger partial charge is 0.263 e. The lowest BCUT2D eigenvalue weighted by Gasteiger charge is -2.33. The summed E-state index contributed by atoms with van der Waals surface area (Å²) >= 11 is 0. The molecule has 2 aromatic heterocycles. The van der Waals surface area contributed by atoms with E-state index < -0.39 is 0 Å². The van der Waals surface area contributed by atoms with Gasteiger partial charge in [0.1, 0.15) is 23.3 Å². The number of benzene rings is 1. The molecule has 0 radical (unpaired) electrons. The highest BCUT2D eigenvalue weighted by atomic mass is 16.5. The van der Waals surface area contributed by atoms with E-state index in [1.807, 2.05) is 31.2 Å². The molecule has 1 fully saturated rings.